The summed E-state index contributed by atoms with van der Waals surface area (Å²) in [7, 11) is 0. The Hall–Kier alpha value is -2.68. The Morgan fingerprint density at radius 2 is 0.857 bits per heavy atom. The van der Waals surface area contributed by atoms with Crippen molar-refractivity contribution in [2.45, 2.75) is 13.8 Å². The minimum Gasteiger partial charge on any atom is -1.00 e. The average molecular weight is 409 g/mol. The second kappa shape index (κ2) is 9.50. The largest absolute Gasteiger partial charge is 1.00 e. The number of nitrogens with zero attached hydrogens (tertiary/aromatic N) is 2. The Labute approximate surface area is 178 Å². The molecular weight excluding hydrogens is 387 g/mol. The fourth-order valence-corrected chi connectivity index (χ4v) is 3.16. The molecular formula is C24H22Cl2N2. The standard InChI is InChI=1S/C24H22N2.2ClH/c1-19-5-3-7-23(17-19)25-13-9-21(10-14-25)22-11-15-26(16-12-22)24-8-4-6-20(2)18-24;;/h3-18H,1-2H3;2*1H/q+2;;/p-2. The number of halogens is 2. The summed E-state index contributed by atoms with van der Waals surface area (Å²) in [4.78, 5) is 0. The van der Waals surface area contributed by atoms with E-state index in [2.05, 4.69) is 121 Å². The first-order valence-electron chi connectivity index (χ1n) is 8.86. The summed E-state index contributed by atoms with van der Waals surface area (Å²) < 4.78 is 4.29. The highest BCUT2D eigenvalue weighted by Crippen LogP contribution is 2.17. The number of hydrogen-bond acceptors (Lipinski definition) is 0. The van der Waals surface area contributed by atoms with Gasteiger partial charge in [-0.05, 0) is 36.1 Å². The van der Waals surface area contributed by atoms with Gasteiger partial charge in [0.2, 0.25) is 11.4 Å². The van der Waals surface area contributed by atoms with Crippen molar-refractivity contribution in [3.63, 3.8) is 0 Å². The number of hydrogen-bond donors (Lipinski definition) is 0. The minimum atomic E-state index is 0. The Balaban J connectivity index is 0.00000140. The molecule has 0 radical (unpaired) electrons. The molecule has 0 unspecified atom stereocenters. The van der Waals surface area contributed by atoms with E-state index in [4.69, 9.17) is 0 Å². The van der Waals surface area contributed by atoms with Crippen LogP contribution in [0.1, 0.15) is 11.1 Å². The van der Waals surface area contributed by atoms with E-state index in [1.54, 1.807) is 0 Å². The molecule has 4 aromatic rings. The van der Waals surface area contributed by atoms with Crippen molar-refractivity contribution in [3.05, 3.63) is 109 Å². The monoisotopic (exact) mass is 408 g/mol. The van der Waals surface area contributed by atoms with Crippen molar-refractivity contribution in [1.82, 2.24) is 0 Å². The maximum Gasteiger partial charge on any atom is 0.210 e. The molecule has 2 aromatic heterocycles. The molecule has 4 rings (SSSR count). The molecule has 0 aliphatic rings. The van der Waals surface area contributed by atoms with Crippen LogP contribution in [-0.4, -0.2) is 0 Å². The molecule has 0 N–H and O–H groups in total. The van der Waals surface area contributed by atoms with Gasteiger partial charge in [0.05, 0.1) is 0 Å². The van der Waals surface area contributed by atoms with Crippen molar-refractivity contribution in [3.8, 4) is 22.5 Å². The lowest BCUT2D eigenvalue weighted by molar-refractivity contribution is -0.596. The first-order chi connectivity index (χ1) is 12.7. The van der Waals surface area contributed by atoms with Gasteiger partial charge < -0.3 is 24.8 Å². The van der Waals surface area contributed by atoms with E-state index in [0.29, 0.717) is 0 Å². The highest BCUT2D eigenvalue weighted by atomic mass is 35.5. The fourth-order valence-electron chi connectivity index (χ4n) is 3.16. The van der Waals surface area contributed by atoms with Gasteiger partial charge in [-0.25, -0.2) is 0 Å². The molecule has 0 saturated heterocycles. The third kappa shape index (κ3) is 4.78. The van der Waals surface area contributed by atoms with Gasteiger partial charge in [0.25, 0.3) is 0 Å². The van der Waals surface area contributed by atoms with Crippen LogP contribution in [0.15, 0.2) is 97.6 Å². The second-order valence-electron chi connectivity index (χ2n) is 6.67. The van der Waals surface area contributed by atoms with Gasteiger partial charge in [-0.1, -0.05) is 24.3 Å². The third-order valence-electron chi connectivity index (χ3n) is 4.59. The fraction of sp³-hybridized carbons (Fsp3) is 0.0833. The molecule has 0 atom stereocenters. The summed E-state index contributed by atoms with van der Waals surface area (Å²) in [5.74, 6) is 0. The van der Waals surface area contributed by atoms with E-state index in [0.717, 1.165) is 0 Å². The van der Waals surface area contributed by atoms with E-state index in [9.17, 15) is 0 Å². The lowest BCUT2D eigenvalue weighted by Crippen LogP contribution is -3.00. The molecule has 0 bridgehead atoms. The average Bonchev–Trinajstić information content (AvgIpc) is 2.68. The van der Waals surface area contributed by atoms with Crippen LogP contribution in [0.25, 0.3) is 22.5 Å². The Morgan fingerprint density at radius 3 is 1.18 bits per heavy atom. The second-order valence-corrected chi connectivity index (χ2v) is 6.67. The van der Waals surface area contributed by atoms with Gasteiger partial charge in [-0.2, -0.15) is 9.13 Å². The van der Waals surface area contributed by atoms with Crippen LogP contribution in [0.3, 0.4) is 0 Å². The molecule has 0 fully saturated rings. The van der Waals surface area contributed by atoms with E-state index in [-0.39, 0.29) is 24.8 Å². The maximum atomic E-state index is 2.19. The zero-order valence-corrected chi connectivity index (χ0v) is 17.4. The Kier molecular flexibility index (Phi) is 7.33. The summed E-state index contributed by atoms with van der Waals surface area (Å²) in [6, 6.07) is 25.7. The number of rotatable bonds is 3. The van der Waals surface area contributed by atoms with Crippen LogP contribution in [0, 0.1) is 13.8 Å². The van der Waals surface area contributed by atoms with Gasteiger partial charge in [0.15, 0.2) is 24.8 Å². The molecule has 0 aliphatic carbocycles. The molecule has 2 heterocycles. The van der Waals surface area contributed by atoms with Crippen molar-refractivity contribution >= 4 is 0 Å². The molecule has 2 aromatic carbocycles. The zero-order chi connectivity index (χ0) is 17.9. The molecule has 2 nitrogen and oxygen atoms in total. The van der Waals surface area contributed by atoms with Gasteiger partial charge in [0.1, 0.15) is 0 Å². The molecule has 142 valence electrons. The predicted octanol–water partition coefficient (Wildman–Crippen LogP) is -1.47. The number of aryl methyl sites for hydroxylation is 2. The Morgan fingerprint density at radius 1 is 0.500 bits per heavy atom. The Bertz CT molecular complexity index is 956. The first-order valence-corrected chi connectivity index (χ1v) is 8.86. The summed E-state index contributed by atoms with van der Waals surface area (Å²) >= 11 is 0. The van der Waals surface area contributed by atoms with Gasteiger partial charge >= 0.3 is 0 Å². The van der Waals surface area contributed by atoms with Crippen LogP contribution in [0.4, 0.5) is 0 Å². The molecule has 0 saturated carbocycles. The minimum absolute atomic E-state index is 0. The van der Waals surface area contributed by atoms with Gasteiger partial charge in [-0.3, -0.25) is 0 Å². The smallest absolute Gasteiger partial charge is 0.210 e. The molecule has 4 heteroatoms. The number of benzene rings is 2. The predicted molar refractivity (Wildman–Crippen MR) is 104 cm³/mol. The summed E-state index contributed by atoms with van der Waals surface area (Å²) in [6.45, 7) is 4.23. The molecule has 0 spiro atoms. The van der Waals surface area contributed by atoms with Gasteiger partial charge in [-0.15, -0.1) is 0 Å². The highest BCUT2D eigenvalue weighted by molar-refractivity contribution is 5.61. The first kappa shape index (κ1) is 21.6. The lowest BCUT2D eigenvalue weighted by atomic mass is 10.1. The number of aromatic nitrogens is 2. The van der Waals surface area contributed by atoms with Crippen molar-refractivity contribution < 1.29 is 33.9 Å². The van der Waals surface area contributed by atoms with Crippen molar-refractivity contribution in [1.29, 1.82) is 0 Å². The third-order valence-corrected chi connectivity index (χ3v) is 4.59. The van der Waals surface area contributed by atoms with Crippen LogP contribution >= 0.6 is 0 Å². The zero-order valence-electron chi connectivity index (χ0n) is 15.9. The topological polar surface area (TPSA) is 7.76 Å². The normalized spacial score (nSPS) is 9.93. The maximum absolute atomic E-state index is 2.19. The summed E-state index contributed by atoms with van der Waals surface area (Å²) in [5.41, 5.74) is 7.32. The van der Waals surface area contributed by atoms with Crippen LogP contribution < -0.4 is 33.9 Å². The van der Waals surface area contributed by atoms with Gasteiger partial charge in [0, 0.05) is 48.5 Å². The summed E-state index contributed by atoms with van der Waals surface area (Å²) in [6.07, 6.45) is 8.47. The molecule has 0 amide bonds. The van der Waals surface area contributed by atoms with Crippen LogP contribution in [-0.2, 0) is 0 Å². The quantitative estimate of drug-likeness (QED) is 0.366. The molecule has 0 aliphatic heterocycles. The van der Waals surface area contributed by atoms with Crippen molar-refractivity contribution in [2.24, 2.45) is 0 Å². The SMILES string of the molecule is Cc1cccc(-[n+]2ccc(-c3cc[n+](-c4cccc(C)c4)cc3)cc2)c1.[Cl-].[Cl-]. The number of pyridine rings is 2. The lowest BCUT2D eigenvalue weighted by Gasteiger charge is -2.02. The summed E-state index contributed by atoms with van der Waals surface area (Å²) in [5, 5.41) is 0. The van der Waals surface area contributed by atoms with Crippen LogP contribution in [0.5, 0.6) is 0 Å². The van der Waals surface area contributed by atoms with Crippen LogP contribution in [0.2, 0.25) is 0 Å². The highest BCUT2D eigenvalue weighted by Gasteiger charge is 2.09. The van der Waals surface area contributed by atoms with E-state index in [1.807, 2.05) is 0 Å². The van der Waals surface area contributed by atoms with E-state index < -0.39 is 0 Å². The molecule has 28 heavy (non-hydrogen) atoms. The van der Waals surface area contributed by atoms with Crippen molar-refractivity contribution in [2.75, 3.05) is 0 Å². The van der Waals surface area contributed by atoms with E-state index in [1.165, 1.54) is 33.6 Å². The van der Waals surface area contributed by atoms with E-state index >= 15 is 0 Å².